The number of hydrogen-bond donors (Lipinski definition) is 1. The van der Waals surface area contributed by atoms with Crippen LogP contribution in [0.3, 0.4) is 0 Å². The van der Waals surface area contributed by atoms with Gasteiger partial charge in [0.2, 0.25) is 0 Å². The first-order valence-electron chi connectivity index (χ1n) is 7.73. The van der Waals surface area contributed by atoms with Crippen molar-refractivity contribution in [3.63, 3.8) is 0 Å². The molecule has 0 aliphatic rings. The zero-order valence-electron chi connectivity index (χ0n) is 14.0. The number of nitrogens with one attached hydrogen (secondary N) is 1. The lowest BCUT2D eigenvalue weighted by Crippen LogP contribution is -2.13. The van der Waals surface area contributed by atoms with Crippen LogP contribution in [0.4, 0.5) is 5.69 Å². The Morgan fingerprint density at radius 3 is 2.75 bits per heavy atom. The molecule has 3 rings (SSSR count). The number of amides is 1. The van der Waals surface area contributed by atoms with Crippen molar-refractivity contribution in [2.75, 3.05) is 12.4 Å². The second-order valence-corrected chi connectivity index (χ2v) is 6.67. The number of rotatable bonds is 5. The standard InChI is InChI=1S/C19H20N2O2S/c1-13-10-18(14(2)21(13)12-17-8-5-9-24-17)19(22)20-15-6-4-7-16(11-15)23-3/h4-11H,12H2,1-3H3,(H,20,22). The summed E-state index contributed by atoms with van der Waals surface area (Å²) in [5.74, 6) is 0.616. The zero-order chi connectivity index (χ0) is 17.1. The van der Waals surface area contributed by atoms with Crippen LogP contribution in [0.5, 0.6) is 5.75 Å². The minimum absolute atomic E-state index is 0.103. The third-order valence-electron chi connectivity index (χ3n) is 4.04. The third kappa shape index (κ3) is 3.36. The number of aryl methyl sites for hydroxylation is 1. The number of benzene rings is 1. The number of ether oxygens (including phenoxy) is 1. The summed E-state index contributed by atoms with van der Waals surface area (Å²) in [6, 6.07) is 13.5. The van der Waals surface area contributed by atoms with Gasteiger partial charge in [0.05, 0.1) is 19.2 Å². The Morgan fingerprint density at radius 2 is 2.04 bits per heavy atom. The molecule has 2 aromatic heterocycles. The highest BCUT2D eigenvalue weighted by Crippen LogP contribution is 2.22. The van der Waals surface area contributed by atoms with Crippen molar-refractivity contribution in [3.05, 3.63) is 69.7 Å². The van der Waals surface area contributed by atoms with Gasteiger partial charge in [0.25, 0.3) is 5.91 Å². The fourth-order valence-electron chi connectivity index (χ4n) is 2.73. The highest BCUT2D eigenvalue weighted by molar-refractivity contribution is 7.09. The first-order chi connectivity index (χ1) is 11.6. The highest BCUT2D eigenvalue weighted by atomic mass is 32.1. The molecule has 0 saturated carbocycles. The van der Waals surface area contributed by atoms with Gasteiger partial charge < -0.3 is 14.6 Å². The molecule has 3 aromatic rings. The van der Waals surface area contributed by atoms with E-state index in [1.807, 2.05) is 50.2 Å². The molecule has 24 heavy (non-hydrogen) atoms. The van der Waals surface area contributed by atoms with E-state index in [-0.39, 0.29) is 5.91 Å². The van der Waals surface area contributed by atoms with Gasteiger partial charge in [-0.2, -0.15) is 0 Å². The van der Waals surface area contributed by atoms with Crippen LogP contribution < -0.4 is 10.1 Å². The van der Waals surface area contributed by atoms with Gasteiger partial charge in [0, 0.05) is 28.0 Å². The summed E-state index contributed by atoms with van der Waals surface area (Å²) < 4.78 is 7.37. The second kappa shape index (κ2) is 6.93. The zero-order valence-corrected chi connectivity index (χ0v) is 14.8. The van der Waals surface area contributed by atoms with Gasteiger partial charge in [-0.15, -0.1) is 11.3 Å². The summed E-state index contributed by atoms with van der Waals surface area (Å²) in [5, 5.41) is 5.01. The van der Waals surface area contributed by atoms with Crippen molar-refractivity contribution in [1.82, 2.24) is 4.57 Å². The third-order valence-corrected chi connectivity index (χ3v) is 4.90. The Morgan fingerprint density at radius 1 is 1.21 bits per heavy atom. The summed E-state index contributed by atoms with van der Waals surface area (Å²) >= 11 is 1.72. The van der Waals surface area contributed by atoms with Gasteiger partial charge in [-0.1, -0.05) is 12.1 Å². The SMILES string of the molecule is COc1cccc(NC(=O)c2cc(C)n(Cc3cccs3)c2C)c1. The molecule has 2 heterocycles. The quantitative estimate of drug-likeness (QED) is 0.744. The summed E-state index contributed by atoms with van der Waals surface area (Å²) in [6.45, 7) is 4.81. The van der Waals surface area contributed by atoms with Crippen LogP contribution in [-0.4, -0.2) is 17.6 Å². The molecule has 1 aromatic carbocycles. The Hall–Kier alpha value is -2.53. The van der Waals surface area contributed by atoms with Crippen LogP contribution in [0.1, 0.15) is 26.6 Å². The van der Waals surface area contributed by atoms with Gasteiger partial charge in [0.1, 0.15) is 5.75 Å². The molecule has 0 radical (unpaired) electrons. The number of aromatic nitrogens is 1. The molecule has 5 heteroatoms. The molecule has 0 aliphatic heterocycles. The van der Waals surface area contributed by atoms with E-state index >= 15 is 0 Å². The van der Waals surface area contributed by atoms with Gasteiger partial charge in [-0.25, -0.2) is 0 Å². The number of carbonyl (C=O) groups is 1. The number of nitrogens with zero attached hydrogens (tertiary/aromatic N) is 1. The van der Waals surface area contributed by atoms with Gasteiger partial charge in [-0.3, -0.25) is 4.79 Å². The Balaban J connectivity index is 1.82. The minimum Gasteiger partial charge on any atom is -0.497 e. The number of anilines is 1. The van der Waals surface area contributed by atoms with E-state index in [9.17, 15) is 4.79 Å². The highest BCUT2D eigenvalue weighted by Gasteiger charge is 2.16. The fraction of sp³-hybridized carbons (Fsp3) is 0.211. The Bertz CT molecular complexity index is 850. The smallest absolute Gasteiger partial charge is 0.257 e. The maximum atomic E-state index is 12.6. The number of methoxy groups -OCH3 is 1. The summed E-state index contributed by atoms with van der Waals surface area (Å²) in [6.07, 6.45) is 0. The van der Waals surface area contributed by atoms with Crippen LogP contribution in [0.15, 0.2) is 47.8 Å². The van der Waals surface area contributed by atoms with Crippen molar-refractivity contribution in [2.24, 2.45) is 0 Å². The van der Waals surface area contributed by atoms with Gasteiger partial charge >= 0.3 is 0 Å². The molecule has 4 nitrogen and oxygen atoms in total. The molecule has 0 atom stereocenters. The molecule has 0 saturated heterocycles. The number of carbonyl (C=O) groups excluding carboxylic acids is 1. The summed E-state index contributed by atoms with van der Waals surface area (Å²) in [4.78, 5) is 13.9. The molecule has 0 aliphatic carbocycles. The lowest BCUT2D eigenvalue weighted by molar-refractivity contribution is 0.102. The van der Waals surface area contributed by atoms with E-state index in [1.165, 1.54) is 4.88 Å². The van der Waals surface area contributed by atoms with Gasteiger partial charge in [-0.05, 0) is 43.5 Å². The van der Waals surface area contributed by atoms with Crippen LogP contribution in [0.25, 0.3) is 0 Å². The van der Waals surface area contributed by atoms with E-state index in [0.29, 0.717) is 5.56 Å². The molecule has 1 amide bonds. The molecule has 1 N–H and O–H groups in total. The van der Waals surface area contributed by atoms with Gasteiger partial charge in [0.15, 0.2) is 0 Å². The fourth-order valence-corrected chi connectivity index (χ4v) is 3.42. The molecule has 0 bridgehead atoms. The van der Waals surface area contributed by atoms with Crippen molar-refractivity contribution < 1.29 is 9.53 Å². The monoisotopic (exact) mass is 340 g/mol. The predicted molar refractivity (Wildman–Crippen MR) is 98.3 cm³/mol. The van der Waals surface area contributed by atoms with E-state index in [4.69, 9.17) is 4.74 Å². The van der Waals surface area contributed by atoms with Crippen LogP contribution in [0.2, 0.25) is 0 Å². The van der Waals surface area contributed by atoms with Crippen LogP contribution >= 0.6 is 11.3 Å². The first kappa shape index (κ1) is 16.3. The van der Waals surface area contributed by atoms with E-state index in [2.05, 4.69) is 21.3 Å². The number of thiophene rings is 1. The minimum atomic E-state index is -0.103. The molecular formula is C19H20N2O2S. The number of hydrogen-bond acceptors (Lipinski definition) is 3. The van der Waals surface area contributed by atoms with E-state index in [1.54, 1.807) is 18.4 Å². The molecule has 0 spiro atoms. The summed E-state index contributed by atoms with van der Waals surface area (Å²) in [7, 11) is 1.61. The normalized spacial score (nSPS) is 10.6. The average Bonchev–Trinajstić information content (AvgIpc) is 3.18. The average molecular weight is 340 g/mol. The summed E-state index contributed by atoms with van der Waals surface area (Å²) in [5.41, 5.74) is 3.48. The van der Waals surface area contributed by atoms with Crippen molar-refractivity contribution >= 4 is 22.9 Å². The maximum absolute atomic E-state index is 12.6. The Labute approximate surface area is 145 Å². The van der Waals surface area contributed by atoms with Crippen molar-refractivity contribution in [2.45, 2.75) is 20.4 Å². The molecule has 0 unspecified atom stereocenters. The van der Waals surface area contributed by atoms with E-state index < -0.39 is 0 Å². The lowest BCUT2D eigenvalue weighted by Gasteiger charge is -2.09. The molecule has 124 valence electrons. The van der Waals surface area contributed by atoms with Crippen LogP contribution in [-0.2, 0) is 6.54 Å². The molecular weight excluding hydrogens is 320 g/mol. The van der Waals surface area contributed by atoms with E-state index in [0.717, 1.165) is 29.4 Å². The topological polar surface area (TPSA) is 43.3 Å². The van der Waals surface area contributed by atoms with Crippen molar-refractivity contribution in [3.8, 4) is 5.75 Å². The first-order valence-corrected chi connectivity index (χ1v) is 8.61. The lowest BCUT2D eigenvalue weighted by atomic mass is 10.2. The largest absolute Gasteiger partial charge is 0.497 e. The Kier molecular flexibility index (Phi) is 4.71. The second-order valence-electron chi connectivity index (χ2n) is 5.64. The molecule has 0 fully saturated rings. The maximum Gasteiger partial charge on any atom is 0.257 e. The van der Waals surface area contributed by atoms with Crippen LogP contribution in [0, 0.1) is 13.8 Å². The predicted octanol–water partition coefficient (Wildman–Crippen LogP) is 4.48. The van der Waals surface area contributed by atoms with Crippen molar-refractivity contribution in [1.29, 1.82) is 0 Å².